The van der Waals surface area contributed by atoms with Crippen LogP contribution in [0.15, 0.2) is 36.7 Å². The Morgan fingerprint density at radius 1 is 1.17 bits per heavy atom. The molecule has 2 aromatic heterocycles. The topological polar surface area (TPSA) is 91.2 Å². The Hall–Kier alpha value is -2.93. The Balaban J connectivity index is 1.45. The molecule has 1 aliphatic heterocycles. The van der Waals surface area contributed by atoms with Crippen LogP contribution in [0.25, 0.3) is 22.0 Å². The molecular weight excluding hydrogens is 402 g/mol. The number of phenols is 1. The largest absolute Gasteiger partial charge is 0.507 e. The SMILES string of the molecule is O=C(C1CC1)N1CCC[C@@H](Nc2nnc(-c3ccc(Cl)cc3O)c3ccncc23)C1. The third kappa shape index (κ3) is 3.65. The summed E-state index contributed by atoms with van der Waals surface area (Å²) in [6, 6.07) is 6.92. The van der Waals surface area contributed by atoms with E-state index in [9.17, 15) is 9.90 Å². The number of halogens is 1. The van der Waals surface area contributed by atoms with E-state index in [1.165, 1.54) is 6.07 Å². The molecule has 3 heterocycles. The lowest BCUT2D eigenvalue weighted by atomic mass is 10.0. The van der Waals surface area contributed by atoms with Crippen LogP contribution in [0.1, 0.15) is 25.7 Å². The summed E-state index contributed by atoms with van der Waals surface area (Å²) in [5, 5.41) is 24.7. The lowest BCUT2D eigenvalue weighted by Gasteiger charge is -2.33. The van der Waals surface area contributed by atoms with E-state index in [2.05, 4.69) is 20.5 Å². The number of aromatic nitrogens is 3. The lowest BCUT2D eigenvalue weighted by molar-refractivity contribution is -0.133. The molecule has 7 nitrogen and oxygen atoms in total. The zero-order valence-corrected chi connectivity index (χ0v) is 17.1. The molecule has 0 spiro atoms. The van der Waals surface area contributed by atoms with Crippen LogP contribution in [-0.4, -0.2) is 50.2 Å². The number of benzene rings is 1. The molecule has 5 rings (SSSR count). The van der Waals surface area contributed by atoms with Gasteiger partial charge in [0.05, 0.1) is 0 Å². The number of aromatic hydroxyl groups is 1. The number of fused-ring (bicyclic) bond motifs is 1. The zero-order chi connectivity index (χ0) is 20.7. The standard InChI is InChI=1S/C22H22ClN5O2/c23-14-5-6-17(19(29)10-14)20-16-7-8-24-11-18(16)21(27-26-20)25-15-2-1-9-28(12-15)22(30)13-3-4-13/h5-8,10-11,13,15,29H,1-4,9,12H2,(H,25,27)/t15-/m1/s1. The fourth-order valence-corrected chi connectivity index (χ4v) is 4.25. The van der Waals surface area contributed by atoms with Crippen molar-refractivity contribution in [3.05, 3.63) is 41.7 Å². The Bertz CT molecular complexity index is 1120. The molecule has 30 heavy (non-hydrogen) atoms. The van der Waals surface area contributed by atoms with Crippen molar-refractivity contribution in [2.45, 2.75) is 31.7 Å². The summed E-state index contributed by atoms with van der Waals surface area (Å²) in [6.45, 7) is 1.51. The van der Waals surface area contributed by atoms with Gasteiger partial charge in [-0.3, -0.25) is 9.78 Å². The maximum absolute atomic E-state index is 12.5. The molecule has 0 radical (unpaired) electrons. The molecule has 2 aliphatic rings. The van der Waals surface area contributed by atoms with E-state index < -0.39 is 0 Å². The minimum Gasteiger partial charge on any atom is -0.507 e. The summed E-state index contributed by atoms with van der Waals surface area (Å²) in [5.41, 5.74) is 1.13. The molecule has 1 saturated carbocycles. The molecular formula is C22H22ClN5O2. The van der Waals surface area contributed by atoms with Crippen molar-refractivity contribution < 1.29 is 9.90 Å². The number of piperidine rings is 1. The molecule has 2 fully saturated rings. The molecule has 0 unspecified atom stereocenters. The second-order valence-corrected chi connectivity index (χ2v) is 8.46. The summed E-state index contributed by atoms with van der Waals surface area (Å²) in [6.07, 6.45) is 7.43. The van der Waals surface area contributed by atoms with E-state index >= 15 is 0 Å². The van der Waals surface area contributed by atoms with E-state index in [-0.39, 0.29) is 23.6 Å². The van der Waals surface area contributed by atoms with E-state index in [0.29, 0.717) is 28.6 Å². The van der Waals surface area contributed by atoms with Crippen molar-refractivity contribution in [3.63, 3.8) is 0 Å². The van der Waals surface area contributed by atoms with Gasteiger partial charge in [0.2, 0.25) is 5.91 Å². The average Bonchev–Trinajstić information content (AvgIpc) is 3.60. The van der Waals surface area contributed by atoms with Gasteiger partial charge < -0.3 is 15.3 Å². The van der Waals surface area contributed by atoms with Gasteiger partial charge in [0, 0.05) is 58.8 Å². The van der Waals surface area contributed by atoms with Crippen LogP contribution < -0.4 is 5.32 Å². The molecule has 1 aliphatic carbocycles. The lowest BCUT2D eigenvalue weighted by Crippen LogP contribution is -2.45. The van der Waals surface area contributed by atoms with Crippen LogP contribution in [0.4, 0.5) is 5.82 Å². The second kappa shape index (κ2) is 7.72. The number of phenolic OH excluding ortho intramolecular Hbond substituents is 1. The highest BCUT2D eigenvalue weighted by molar-refractivity contribution is 6.30. The van der Waals surface area contributed by atoms with E-state index in [0.717, 1.165) is 43.0 Å². The van der Waals surface area contributed by atoms with Crippen LogP contribution in [0.5, 0.6) is 5.75 Å². The molecule has 1 atom stereocenters. The van der Waals surface area contributed by atoms with Crippen molar-refractivity contribution in [3.8, 4) is 17.0 Å². The van der Waals surface area contributed by atoms with Gasteiger partial charge in [-0.2, -0.15) is 0 Å². The summed E-state index contributed by atoms with van der Waals surface area (Å²) < 4.78 is 0. The first-order valence-corrected chi connectivity index (χ1v) is 10.6. The number of pyridine rings is 1. The van der Waals surface area contributed by atoms with Gasteiger partial charge in [-0.05, 0) is 49.9 Å². The number of amides is 1. The van der Waals surface area contributed by atoms with Crippen molar-refractivity contribution in [2.24, 2.45) is 5.92 Å². The zero-order valence-electron chi connectivity index (χ0n) is 16.4. The monoisotopic (exact) mass is 423 g/mol. The quantitative estimate of drug-likeness (QED) is 0.662. The van der Waals surface area contributed by atoms with Gasteiger partial charge >= 0.3 is 0 Å². The fraction of sp³-hybridized carbons (Fsp3) is 0.364. The Morgan fingerprint density at radius 3 is 2.83 bits per heavy atom. The summed E-state index contributed by atoms with van der Waals surface area (Å²) in [4.78, 5) is 18.7. The van der Waals surface area contributed by atoms with Crippen LogP contribution in [0.3, 0.4) is 0 Å². The van der Waals surface area contributed by atoms with E-state index in [4.69, 9.17) is 11.6 Å². The first kappa shape index (κ1) is 19.1. The Labute approximate surface area is 179 Å². The number of hydrogen-bond donors (Lipinski definition) is 2. The van der Waals surface area contributed by atoms with Crippen molar-refractivity contribution >= 4 is 34.1 Å². The maximum Gasteiger partial charge on any atom is 0.225 e. The fourth-order valence-electron chi connectivity index (χ4n) is 4.08. The number of nitrogens with one attached hydrogen (secondary N) is 1. The first-order chi connectivity index (χ1) is 14.6. The molecule has 1 saturated heterocycles. The smallest absolute Gasteiger partial charge is 0.225 e. The molecule has 1 amide bonds. The molecule has 2 N–H and O–H groups in total. The van der Waals surface area contributed by atoms with E-state index in [1.807, 2.05) is 11.0 Å². The van der Waals surface area contributed by atoms with Gasteiger partial charge in [-0.1, -0.05) is 11.6 Å². The van der Waals surface area contributed by atoms with Crippen molar-refractivity contribution in [1.82, 2.24) is 20.1 Å². The molecule has 1 aromatic carbocycles. The highest BCUT2D eigenvalue weighted by Gasteiger charge is 2.35. The number of carbonyl (C=O) groups excluding carboxylic acids is 1. The summed E-state index contributed by atoms with van der Waals surface area (Å²) in [7, 11) is 0. The Morgan fingerprint density at radius 2 is 2.03 bits per heavy atom. The summed E-state index contributed by atoms with van der Waals surface area (Å²) in [5.74, 6) is 1.21. The third-order valence-electron chi connectivity index (χ3n) is 5.80. The normalized spacial score (nSPS) is 19.1. The van der Waals surface area contributed by atoms with Crippen molar-refractivity contribution in [2.75, 3.05) is 18.4 Å². The number of likely N-dealkylation sites (tertiary alicyclic amines) is 1. The molecule has 0 bridgehead atoms. The maximum atomic E-state index is 12.5. The van der Waals surface area contributed by atoms with Gasteiger partial charge in [0.1, 0.15) is 11.4 Å². The van der Waals surface area contributed by atoms with Crippen molar-refractivity contribution in [1.29, 1.82) is 0 Å². The highest BCUT2D eigenvalue weighted by Crippen LogP contribution is 2.36. The number of nitrogens with zero attached hydrogens (tertiary/aromatic N) is 4. The average molecular weight is 424 g/mol. The van der Waals surface area contributed by atoms with Crippen LogP contribution in [0.2, 0.25) is 5.02 Å². The van der Waals surface area contributed by atoms with Crippen LogP contribution in [-0.2, 0) is 4.79 Å². The number of rotatable bonds is 4. The minimum absolute atomic E-state index is 0.0529. The Kier molecular flexibility index (Phi) is 4.90. The number of carbonyl (C=O) groups is 1. The van der Waals surface area contributed by atoms with Gasteiger partial charge in [0.15, 0.2) is 5.82 Å². The molecule has 154 valence electrons. The number of hydrogen-bond acceptors (Lipinski definition) is 6. The summed E-state index contributed by atoms with van der Waals surface area (Å²) >= 11 is 5.97. The minimum atomic E-state index is 0.0529. The molecule has 3 aromatic rings. The molecule has 8 heteroatoms. The highest BCUT2D eigenvalue weighted by atomic mass is 35.5. The second-order valence-electron chi connectivity index (χ2n) is 8.02. The third-order valence-corrected chi connectivity index (χ3v) is 6.03. The van der Waals surface area contributed by atoms with Gasteiger partial charge in [-0.25, -0.2) is 0 Å². The van der Waals surface area contributed by atoms with E-state index in [1.54, 1.807) is 24.5 Å². The number of anilines is 1. The predicted octanol–water partition coefficient (Wildman–Crippen LogP) is 3.86. The van der Waals surface area contributed by atoms with Gasteiger partial charge in [0.25, 0.3) is 0 Å². The van der Waals surface area contributed by atoms with Crippen LogP contribution in [0, 0.1) is 5.92 Å². The predicted molar refractivity (Wildman–Crippen MR) is 115 cm³/mol. The van der Waals surface area contributed by atoms with Gasteiger partial charge in [-0.15, -0.1) is 10.2 Å². The first-order valence-electron chi connectivity index (χ1n) is 10.2. The van der Waals surface area contributed by atoms with Crippen LogP contribution >= 0.6 is 11.6 Å².